The minimum atomic E-state index is 0.399. The topological polar surface area (TPSA) is 41.1 Å². The summed E-state index contributed by atoms with van der Waals surface area (Å²) in [4.78, 5) is 11.5. The van der Waals surface area contributed by atoms with Gasteiger partial charge in [-0.3, -0.25) is 0 Å². The van der Waals surface area contributed by atoms with Crippen molar-refractivity contribution in [3.05, 3.63) is 17.1 Å². The van der Waals surface area contributed by atoms with Crippen LogP contribution in [0.5, 0.6) is 0 Å². The summed E-state index contributed by atoms with van der Waals surface area (Å²) < 4.78 is 0. The van der Waals surface area contributed by atoms with Gasteiger partial charge in [-0.15, -0.1) is 0 Å². The van der Waals surface area contributed by atoms with E-state index in [-0.39, 0.29) is 0 Å². The fraction of sp³-hybridized carbons (Fsp3) is 0.636. The minimum Gasteiger partial charge on any atom is -0.356 e. The SMILES string of the molecule is Cc1nc2c(c(N3CCC3)n1)[C@@H](C)NC2. The highest BCUT2D eigenvalue weighted by molar-refractivity contribution is 5.53. The summed E-state index contributed by atoms with van der Waals surface area (Å²) in [7, 11) is 0. The van der Waals surface area contributed by atoms with E-state index in [4.69, 9.17) is 0 Å². The van der Waals surface area contributed by atoms with Gasteiger partial charge in [0, 0.05) is 31.2 Å². The van der Waals surface area contributed by atoms with E-state index in [1.54, 1.807) is 0 Å². The van der Waals surface area contributed by atoms with Crippen LogP contribution in [0.25, 0.3) is 0 Å². The molecule has 0 aliphatic carbocycles. The molecule has 0 unspecified atom stereocenters. The van der Waals surface area contributed by atoms with E-state index in [2.05, 4.69) is 27.1 Å². The molecule has 2 aliphatic rings. The molecule has 4 nitrogen and oxygen atoms in total. The lowest BCUT2D eigenvalue weighted by Gasteiger charge is -2.34. The van der Waals surface area contributed by atoms with Crippen molar-refractivity contribution in [2.24, 2.45) is 0 Å². The molecule has 0 aromatic carbocycles. The summed E-state index contributed by atoms with van der Waals surface area (Å²) in [6.07, 6.45) is 1.29. The number of aromatic nitrogens is 2. The van der Waals surface area contributed by atoms with Crippen LogP contribution in [-0.2, 0) is 6.54 Å². The third-order valence-electron chi connectivity index (χ3n) is 3.28. The van der Waals surface area contributed by atoms with E-state index in [1.165, 1.54) is 23.5 Å². The Kier molecular flexibility index (Phi) is 1.92. The molecule has 80 valence electrons. The number of rotatable bonds is 1. The van der Waals surface area contributed by atoms with E-state index in [1.807, 2.05) is 6.92 Å². The highest BCUT2D eigenvalue weighted by Crippen LogP contribution is 2.33. The van der Waals surface area contributed by atoms with Gasteiger partial charge in [-0.2, -0.15) is 0 Å². The lowest BCUT2D eigenvalue weighted by molar-refractivity contribution is 0.592. The first-order chi connectivity index (χ1) is 7.25. The van der Waals surface area contributed by atoms with E-state index >= 15 is 0 Å². The van der Waals surface area contributed by atoms with Gasteiger partial charge in [0.1, 0.15) is 11.6 Å². The largest absolute Gasteiger partial charge is 0.356 e. The van der Waals surface area contributed by atoms with Crippen LogP contribution in [0, 0.1) is 6.92 Å². The van der Waals surface area contributed by atoms with Crippen molar-refractivity contribution in [2.45, 2.75) is 32.9 Å². The molecule has 3 rings (SSSR count). The van der Waals surface area contributed by atoms with Crippen molar-refractivity contribution < 1.29 is 0 Å². The van der Waals surface area contributed by atoms with E-state index in [9.17, 15) is 0 Å². The molecule has 1 aromatic heterocycles. The Bertz CT molecular complexity index is 398. The van der Waals surface area contributed by atoms with Crippen molar-refractivity contribution in [3.63, 3.8) is 0 Å². The van der Waals surface area contributed by atoms with Gasteiger partial charge in [-0.1, -0.05) is 0 Å². The smallest absolute Gasteiger partial charge is 0.137 e. The molecule has 0 spiro atoms. The second kappa shape index (κ2) is 3.17. The zero-order chi connectivity index (χ0) is 10.4. The number of nitrogens with zero attached hydrogens (tertiary/aromatic N) is 3. The highest BCUT2D eigenvalue weighted by Gasteiger charge is 2.28. The molecule has 0 radical (unpaired) electrons. The van der Waals surface area contributed by atoms with E-state index in [0.717, 1.165) is 25.5 Å². The Labute approximate surface area is 89.7 Å². The molecule has 4 heteroatoms. The van der Waals surface area contributed by atoms with Crippen molar-refractivity contribution >= 4 is 5.82 Å². The van der Waals surface area contributed by atoms with Crippen LogP contribution < -0.4 is 10.2 Å². The maximum absolute atomic E-state index is 4.59. The highest BCUT2D eigenvalue weighted by atomic mass is 15.2. The molecule has 1 aromatic rings. The average Bonchev–Trinajstić information content (AvgIpc) is 2.44. The summed E-state index contributed by atoms with van der Waals surface area (Å²) in [6.45, 7) is 7.35. The summed E-state index contributed by atoms with van der Waals surface area (Å²) in [5.74, 6) is 2.06. The first-order valence-electron chi connectivity index (χ1n) is 5.61. The predicted octanol–water partition coefficient (Wildman–Crippen LogP) is 1.16. The predicted molar refractivity (Wildman–Crippen MR) is 58.9 cm³/mol. The van der Waals surface area contributed by atoms with Crippen LogP contribution in [0.3, 0.4) is 0 Å². The lowest BCUT2D eigenvalue weighted by Crippen LogP contribution is -2.38. The lowest BCUT2D eigenvalue weighted by atomic mass is 10.1. The van der Waals surface area contributed by atoms with Gasteiger partial charge in [0.25, 0.3) is 0 Å². The second-order valence-electron chi connectivity index (χ2n) is 4.40. The molecular formula is C11H16N4. The quantitative estimate of drug-likeness (QED) is 0.745. The average molecular weight is 204 g/mol. The molecule has 2 aliphatic heterocycles. The maximum atomic E-state index is 4.59. The van der Waals surface area contributed by atoms with Crippen molar-refractivity contribution in [1.82, 2.24) is 15.3 Å². The third-order valence-corrected chi connectivity index (χ3v) is 3.28. The molecule has 1 N–H and O–H groups in total. The van der Waals surface area contributed by atoms with Gasteiger partial charge in [0.05, 0.1) is 5.69 Å². The van der Waals surface area contributed by atoms with Crippen molar-refractivity contribution in [3.8, 4) is 0 Å². The molecule has 1 fully saturated rings. The molecule has 1 atom stereocenters. The first kappa shape index (κ1) is 9.09. The summed E-state index contributed by atoms with van der Waals surface area (Å²) in [5, 5.41) is 3.43. The Balaban J connectivity index is 2.11. The van der Waals surface area contributed by atoms with Crippen LogP contribution in [0.15, 0.2) is 0 Å². The van der Waals surface area contributed by atoms with Crippen LogP contribution in [0.1, 0.15) is 36.5 Å². The van der Waals surface area contributed by atoms with Gasteiger partial charge in [0.2, 0.25) is 0 Å². The normalized spacial score (nSPS) is 23.9. The zero-order valence-corrected chi connectivity index (χ0v) is 9.25. The molecule has 3 heterocycles. The van der Waals surface area contributed by atoms with Crippen LogP contribution >= 0.6 is 0 Å². The number of aryl methyl sites for hydroxylation is 1. The van der Waals surface area contributed by atoms with Crippen LogP contribution in [-0.4, -0.2) is 23.1 Å². The first-order valence-corrected chi connectivity index (χ1v) is 5.61. The molecule has 0 saturated carbocycles. The number of nitrogens with one attached hydrogen (secondary N) is 1. The van der Waals surface area contributed by atoms with Gasteiger partial charge in [-0.05, 0) is 20.3 Å². The summed E-state index contributed by atoms with van der Waals surface area (Å²) in [5.41, 5.74) is 2.51. The summed E-state index contributed by atoms with van der Waals surface area (Å²) >= 11 is 0. The van der Waals surface area contributed by atoms with Gasteiger partial charge in [-0.25, -0.2) is 9.97 Å². The zero-order valence-electron chi connectivity index (χ0n) is 9.25. The van der Waals surface area contributed by atoms with E-state index < -0.39 is 0 Å². The Morgan fingerprint density at radius 1 is 1.33 bits per heavy atom. The van der Waals surface area contributed by atoms with Crippen molar-refractivity contribution in [2.75, 3.05) is 18.0 Å². The maximum Gasteiger partial charge on any atom is 0.137 e. The third kappa shape index (κ3) is 1.32. The number of fused-ring (bicyclic) bond motifs is 1. The molecule has 0 bridgehead atoms. The Hall–Kier alpha value is -1.16. The number of hydrogen-bond acceptors (Lipinski definition) is 4. The van der Waals surface area contributed by atoms with Gasteiger partial charge >= 0.3 is 0 Å². The van der Waals surface area contributed by atoms with Crippen LogP contribution in [0.2, 0.25) is 0 Å². The fourth-order valence-electron chi connectivity index (χ4n) is 2.32. The second-order valence-corrected chi connectivity index (χ2v) is 4.40. The van der Waals surface area contributed by atoms with E-state index in [0.29, 0.717) is 6.04 Å². The van der Waals surface area contributed by atoms with Gasteiger partial charge < -0.3 is 10.2 Å². The monoisotopic (exact) mass is 204 g/mol. The fourth-order valence-corrected chi connectivity index (χ4v) is 2.32. The standard InChI is InChI=1S/C11H16N4/c1-7-10-9(6-12-7)13-8(2)14-11(10)15-4-3-5-15/h7,12H,3-6H2,1-2H3/t7-/m1/s1. The molecule has 1 saturated heterocycles. The Morgan fingerprint density at radius 2 is 2.13 bits per heavy atom. The van der Waals surface area contributed by atoms with Gasteiger partial charge in [0.15, 0.2) is 0 Å². The number of anilines is 1. The molecule has 0 amide bonds. The summed E-state index contributed by atoms with van der Waals surface area (Å²) in [6, 6.07) is 0.399. The molecule has 15 heavy (non-hydrogen) atoms. The Morgan fingerprint density at radius 3 is 2.80 bits per heavy atom. The van der Waals surface area contributed by atoms with Crippen molar-refractivity contribution in [1.29, 1.82) is 0 Å². The van der Waals surface area contributed by atoms with Crippen LogP contribution in [0.4, 0.5) is 5.82 Å². The minimum absolute atomic E-state index is 0.399. The molecular weight excluding hydrogens is 188 g/mol. The number of hydrogen-bond donors (Lipinski definition) is 1.